The summed E-state index contributed by atoms with van der Waals surface area (Å²) in [4.78, 5) is 2.31. The van der Waals surface area contributed by atoms with Gasteiger partial charge < -0.3 is 4.90 Å². The maximum Gasteiger partial charge on any atom is 0.0630 e. The Balaban J connectivity index is 2.31. The third-order valence-corrected chi connectivity index (χ3v) is 5.54. The Hall–Kier alpha value is -0.690. The molecule has 0 aromatic carbocycles. The molecule has 0 saturated heterocycles. The lowest BCUT2D eigenvalue weighted by Crippen LogP contribution is -2.36. The highest BCUT2D eigenvalue weighted by Gasteiger charge is 2.32. The van der Waals surface area contributed by atoms with Crippen LogP contribution in [0.25, 0.3) is 0 Å². The van der Waals surface area contributed by atoms with E-state index in [1.165, 1.54) is 43.4 Å². The molecule has 0 aromatic heterocycles. The quantitative estimate of drug-likeness (QED) is 0.629. The van der Waals surface area contributed by atoms with Gasteiger partial charge in [-0.2, -0.15) is 0 Å². The largest absolute Gasteiger partial charge is 0.344 e. The van der Waals surface area contributed by atoms with Crippen LogP contribution in [0.1, 0.15) is 59.3 Å². The average molecular weight is 294 g/mol. The lowest BCUT2D eigenvalue weighted by Gasteiger charge is -2.40. The zero-order valence-corrected chi connectivity index (χ0v) is 13.9. The van der Waals surface area contributed by atoms with Crippen LogP contribution in [-0.2, 0) is 0 Å². The van der Waals surface area contributed by atoms with E-state index in [-0.39, 0.29) is 0 Å². The van der Waals surface area contributed by atoms with Gasteiger partial charge in [-0.15, -0.1) is 0 Å². The molecule has 1 nitrogen and oxygen atoms in total. The van der Waals surface area contributed by atoms with E-state index in [0.717, 1.165) is 17.4 Å². The zero-order chi connectivity index (χ0) is 14.7. The summed E-state index contributed by atoms with van der Waals surface area (Å²) >= 11 is 6.66. The van der Waals surface area contributed by atoms with Crippen molar-refractivity contribution in [2.45, 2.75) is 65.3 Å². The fourth-order valence-corrected chi connectivity index (χ4v) is 4.11. The first-order chi connectivity index (χ1) is 9.60. The molecule has 0 N–H and O–H groups in total. The third kappa shape index (κ3) is 2.98. The zero-order valence-electron chi connectivity index (χ0n) is 13.2. The van der Waals surface area contributed by atoms with Crippen molar-refractivity contribution in [3.05, 3.63) is 35.2 Å². The molecule has 1 heterocycles. The summed E-state index contributed by atoms with van der Waals surface area (Å²) in [5.74, 6) is 1.30. The first kappa shape index (κ1) is 15.7. The van der Waals surface area contributed by atoms with E-state index in [2.05, 4.69) is 38.3 Å². The van der Waals surface area contributed by atoms with E-state index in [0.29, 0.717) is 12.0 Å². The molecule has 1 aliphatic heterocycles. The second-order valence-electron chi connectivity index (χ2n) is 6.30. The molecule has 0 radical (unpaired) electrons. The molecule has 0 amide bonds. The molecule has 2 rings (SSSR count). The molecular formula is C18H28ClN. The minimum absolute atomic E-state index is 0.413. The molecule has 1 fully saturated rings. The SMILES string of the molecule is C=CN1C(C(C)C2CCCCC2)=C(Cl)C(C)=CC1CC. The second kappa shape index (κ2) is 6.85. The first-order valence-electron chi connectivity index (χ1n) is 8.09. The van der Waals surface area contributed by atoms with Gasteiger partial charge in [0, 0.05) is 11.6 Å². The Morgan fingerprint density at radius 2 is 2.05 bits per heavy atom. The summed E-state index contributed by atoms with van der Waals surface area (Å²) < 4.78 is 0. The molecule has 2 atom stereocenters. The first-order valence-corrected chi connectivity index (χ1v) is 8.47. The van der Waals surface area contributed by atoms with Crippen LogP contribution in [0, 0.1) is 11.8 Å². The lowest BCUT2D eigenvalue weighted by molar-refractivity contribution is 0.238. The summed E-state index contributed by atoms with van der Waals surface area (Å²) in [5.41, 5.74) is 2.54. The van der Waals surface area contributed by atoms with E-state index >= 15 is 0 Å². The van der Waals surface area contributed by atoms with Crippen LogP contribution in [0.5, 0.6) is 0 Å². The van der Waals surface area contributed by atoms with Crippen LogP contribution in [0.15, 0.2) is 35.2 Å². The molecule has 1 aliphatic carbocycles. The van der Waals surface area contributed by atoms with E-state index in [1.807, 2.05) is 6.20 Å². The lowest BCUT2D eigenvalue weighted by atomic mass is 9.78. The second-order valence-corrected chi connectivity index (χ2v) is 6.68. The van der Waals surface area contributed by atoms with Crippen molar-refractivity contribution < 1.29 is 0 Å². The van der Waals surface area contributed by atoms with Crippen molar-refractivity contribution in [1.82, 2.24) is 4.90 Å². The summed E-state index contributed by atoms with van der Waals surface area (Å²) in [7, 11) is 0. The smallest absolute Gasteiger partial charge is 0.0630 e. The Bertz CT molecular complexity index is 415. The summed E-state index contributed by atoms with van der Waals surface area (Å²) in [6.07, 6.45) is 12.2. The Morgan fingerprint density at radius 3 is 2.60 bits per heavy atom. The predicted octanol–water partition coefficient (Wildman–Crippen LogP) is 5.84. The van der Waals surface area contributed by atoms with Gasteiger partial charge in [0.2, 0.25) is 0 Å². The van der Waals surface area contributed by atoms with Crippen molar-refractivity contribution in [2.24, 2.45) is 11.8 Å². The molecule has 1 saturated carbocycles. The van der Waals surface area contributed by atoms with Gasteiger partial charge in [0.25, 0.3) is 0 Å². The van der Waals surface area contributed by atoms with Gasteiger partial charge in [-0.1, -0.05) is 57.4 Å². The van der Waals surface area contributed by atoms with Gasteiger partial charge in [0.05, 0.1) is 11.1 Å². The maximum absolute atomic E-state index is 6.66. The van der Waals surface area contributed by atoms with Crippen LogP contribution < -0.4 is 0 Å². The van der Waals surface area contributed by atoms with Gasteiger partial charge in [-0.25, -0.2) is 0 Å². The highest BCUT2D eigenvalue weighted by Crippen LogP contribution is 2.41. The normalized spacial score (nSPS) is 26.5. The highest BCUT2D eigenvalue weighted by molar-refractivity contribution is 6.32. The van der Waals surface area contributed by atoms with E-state index in [1.54, 1.807) is 0 Å². The average Bonchev–Trinajstić information content (AvgIpc) is 2.49. The van der Waals surface area contributed by atoms with E-state index in [4.69, 9.17) is 11.6 Å². The van der Waals surface area contributed by atoms with Crippen LogP contribution in [-0.4, -0.2) is 10.9 Å². The number of rotatable bonds is 4. The molecule has 20 heavy (non-hydrogen) atoms. The molecule has 0 aromatic rings. The molecule has 112 valence electrons. The standard InChI is InChI=1S/C18H28ClN/c1-5-16-12-13(3)17(19)18(20(16)6-2)14(4)15-10-8-7-9-11-15/h6,12,14-16H,2,5,7-11H2,1,3-4H3. The van der Waals surface area contributed by atoms with Gasteiger partial charge in [0.15, 0.2) is 0 Å². The van der Waals surface area contributed by atoms with Gasteiger partial charge in [-0.3, -0.25) is 0 Å². The fraction of sp³-hybridized carbons (Fsp3) is 0.667. The number of hydrogen-bond donors (Lipinski definition) is 0. The van der Waals surface area contributed by atoms with Crippen LogP contribution in [0.4, 0.5) is 0 Å². The van der Waals surface area contributed by atoms with Crippen molar-refractivity contribution in [1.29, 1.82) is 0 Å². The fourth-order valence-electron chi connectivity index (χ4n) is 3.78. The van der Waals surface area contributed by atoms with Crippen LogP contribution in [0.3, 0.4) is 0 Å². The van der Waals surface area contributed by atoms with Crippen LogP contribution >= 0.6 is 11.6 Å². The molecule has 2 unspecified atom stereocenters. The third-order valence-electron chi connectivity index (χ3n) is 5.05. The van der Waals surface area contributed by atoms with Crippen molar-refractivity contribution >= 4 is 11.6 Å². The van der Waals surface area contributed by atoms with Crippen LogP contribution in [0.2, 0.25) is 0 Å². The molecule has 2 heteroatoms. The molecule has 0 spiro atoms. The predicted molar refractivity (Wildman–Crippen MR) is 88.5 cm³/mol. The summed E-state index contributed by atoms with van der Waals surface area (Å²) in [6, 6.07) is 0.413. The van der Waals surface area contributed by atoms with Gasteiger partial charge in [-0.05, 0) is 43.9 Å². The van der Waals surface area contributed by atoms with Gasteiger partial charge >= 0.3 is 0 Å². The summed E-state index contributed by atoms with van der Waals surface area (Å²) in [5, 5.41) is 0.952. The molecular weight excluding hydrogens is 266 g/mol. The van der Waals surface area contributed by atoms with E-state index in [9.17, 15) is 0 Å². The maximum atomic E-state index is 6.66. The van der Waals surface area contributed by atoms with Crippen molar-refractivity contribution in [3.63, 3.8) is 0 Å². The van der Waals surface area contributed by atoms with Gasteiger partial charge in [0.1, 0.15) is 0 Å². The summed E-state index contributed by atoms with van der Waals surface area (Å²) in [6.45, 7) is 10.7. The number of hydrogen-bond acceptors (Lipinski definition) is 1. The highest BCUT2D eigenvalue weighted by atomic mass is 35.5. The Morgan fingerprint density at radius 1 is 1.40 bits per heavy atom. The van der Waals surface area contributed by atoms with Crippen molar-refractivity contribution in [2.75, 3.05) is 0 Å². The molecule has 0 bridgehead atoms. The topological polar surface area (TPSA) is 3.24 Å². The number of halogens is 1. The minimum atomic E-state index is 0.413. The Kier molecular flexibility index (Phi) is 5.37. The minimum Gasteiger partial charge on any atom is -0.344 e. The number of allylic oxidation sites excluding steroid dienone is 3. The van der Waals surface area contributed by atoms with E-state index < -0.39 is 0 Å². The molecule has 2 aliphatic rings. The Labute approximate surface area is 129 Å². The monoisotopic (exact) mass is 293 g/mol. The number of nitrogens with zero attached hydrogens (tertiary/aromatic N) is 1. The van der Waals surface area contributed by atoms with Crippen molar-refractivity contribution in [3.8, 4) is 0 Å².